The largest absolute Gasteiger partial charge is 0.366 e. The molecule has 0 atom stereocenters. The molecule has 0 heterocycles. The van der Waals surface area contributed by atoms with Crippen molar-refractivity contribution in [3.63, 3.8) is 0 Å². The van der Waals surface area contributed by atoms with Crippen LogP contribution in [0.15, 0.2) is 84.9 Å². The summed E-state index contributed by atoms with van der Waals surface area (Å²) in [7, 11) is 0. The summed E-state index contributed by atoms with van der Waals surface area (Å²) in [6, 6.07) is 25.2. The van der Waals surface area contributed by atoms with Gasteiger partial charge >= 0.3 is 0 Å². The molecule has 0 spiro atoms. The fraction of sp³-hybridized carbons (Fsp3) is 0. The maximum Gasteiger partial charge on any atom is 0.263 e. The van der Waals surface area contributed by atoms with Crippen LogP contribution in [0.5, 0.6) is 0 Å². The molecule has 0 aliphatic carbocycles. The molecule has 118 valence electrons. The van der Waals surface area contributed by atoms with Gasteiger partial charge in [-0.2, -0.15) is 0 Å². The normalized spacial score (nSPS) is 10.2. The van der Waals surface area contributed by atoms with Gasteiger partial charge in [0.25, 0.3) is 5.91 Å². The Kier molecular flexibility index (Phi) is 4.38. The quantitative estimate of drug-likeness (QED) is 0.796. The number of para-hydroxylation sites is 2. The maximum atomic E-state index is 13.2. The van der Waals surface area contributed by atoms with Crippen molar-refractivity contribution in [2.45, 2.75) is 0 Å². The SMILES string of the molecule is NC(=O)c1ccccc1C(=O)N(c1ccccc1)c1ccccc1. The zero-order chi connectivity index (χ0) is 16.9. The highest BCUT2D eigenvalue weighted by Crippen LogP contribution is 2.28. The minimum absolute atomic E-state index is 0.208. The maximum absolute atomic E-state index is 13.2. The van der Waals surface area contributed by atoms with Gasteiger partial charge in [-0.15, -0.1) is 0 Å². The summed E-state index contributed by atoms with van der Waals surface area (Å²) in [5.41, 5.74) is 7.34. The number of hydrogen-bond donors (Lipinski definition) is 1. The second-order valence-corrected chi connectivity index (χ2v) is 5.22. The number of hydrogen-bond acceptors (Lipinski definition) is 2. The topological polar surface area (TPSA) is 63.4 Å². The summed E-state index contributed by atoms with van der Waals surface area (Å²) >= 11 is 0. The second-order valence-electron chi connectivity index (χ2n) is 5.22. The third kappa shape index (κ3) is 3.03. The summed E-state index contributed by atoms with van der Waals surface area (Å²) in [6.45, 7) is 0. The molecule has 4 heteroatoms. The highest BCUT2D eigenvalue weighted by molar-refractivity contribution is 6.15. The van der Waals surface area contributed by atoms with Crippen molar-refractivity contribution in [1.82, 2.24) is 0 Å². The number of carbonyl (C=O) groups excluding carboxylic acids is 2. The monoisotopic (exact) mass is 316 g/mol. The van der Waals surface area contributed by atoms with E-state index in [1.165, 1.54) is 0 Å². The van der Waals surface area contributed by atoms with Crippen LogP contribution in [0.1, 0.15) is 20.7 Å². The van der Waals surface area contributed by atoms with Crippen molar-refractivity contribution in [3.05, 3.63) is 96.1 Å². The Bertz CT molecular complexity index is 822. The van der Waals surface area contributed by atoms with Crippen LogP contribution in [-0.2, 0) is 0 Å². The van der Waals surface area contributed by atoms with Gasteiger partial charge in [0, 0.05) is 11.4 Å². The lowest BCUT2D eigenvalue weighted by Gasteiger charge is -2.24. The number of anilines is 2. The van der Waals surface area contributed by atoms with E-state index in [1.807, 2.05) is 60.7 Å². The Morgan fingerprint density at radius 2 is 1.04 bits per heavy atom. The van der Waals surface area contributed by atoms with Gasteiger partial charge < -0.3 is 5.73 Å². The van der Waals surface area contributed by atoms with E-state index in [2.05, 4.69) is 0 Å². The third-order valence-corrected chi connectivity index (χ3v) is 3.65. The Hall–Kier alpha value is -3.40. The molecule has 0 unspecified atom stereocenters. The Morgan fingerprint density at radius 1 is 0.625 bits per heavy atom. The van der Waals surface area contributed by atoms with Crippen molar-refractivity contribution >= 4 is 23.2 Å². The lowest BCUT2D eigenvalue weighted by molar-refractivity contribution is 0.0967. The summed E-state index contributed by atoms with van der Waals surface area (Å²) in [5, 5.41) is 0. The minimum atomic E-state index is -0.625. The van der Waals surface area contributed by atoms with E-state index in [4.69, 9.17) is 5.73 Å². The molecular weight excluding hydrogens is 300 g/mol. The number of carbonyl (C=O) groups is 2. The van der Waals surface area contributed by atoms with Gasteiger partial charge in [-0.1, -0.05) is 48.5 Å². The van der Waals surface area contributed by atoms with E-state index in [1.54, 1.807) is 29.2 Å². The molecule has 0 aromatic heterocycles. The van der Waals surface area contributed by atoms with Gasteiger partial charge in [-0.05, 0) is 36.4 Å². The van der Waals surface area contributed by atoms with Gasteiger partial charge in [-0.3, -0.25) is 14.5 Å². The molecule has 4 nitrogen and oxygen atoms in total. The zero-order valence-corrected chi connectivity index (χ0v) is 12.9. The number of primary amides is 1. The Balaban J connectivity index is 2.14. The van der Waals surface area contributed by atoms with E-state index in [0.29, 0.717) is 11.4 Å². The number of nitrogens with zero attached hydrogens (tertiary/aromatic N) is 1. The highest BCUT2D eigenvalue weighted by Gasteiger charge is 2.23. The molecule has 0 radical (unpaired) electrons. The summed E-state index contributed by atoms with van der Waals surface area (Å²) in [4.78, 5) is 26.4. The van der Waals surface area contributed by atoms with Crippen molar-refractivity contribution in [3.8, 4) is 0 Å². The van der Waals surface area contributed by atoms with Gasteiger partial charge in [-0.25, -0.2) is 0 Å². The standard InChI is InChI=1S/C20H16N2O2/c21-19(23)17-13-7-8-14-18(17)20(24)22(15-9-3-1-4-10-15)16-11-5-2-6-12-16/h1-14H,(H2,21,23). The lowest BCUT2D eigenvalue weighted by Crippen LogP contribution is -2.28. The number of benzene rings is 3. The average molecular weight is 316 g/mol. The van der Waals surface area contributed by atoms with Crippen LogP contribution < -0.4 is 10.6 Å². The molecule has 3 aromatic rings. The number of amides is 2. The van der Waals surface area contributed by atoms with Gasteiger partial charge in [0.2, 0.25) is 5.91 Å². The van der Waals surface area contributed by atoms with Gasteiger partial charge in [0.1, 0.15) is 0 Å². The van der Waals surface area contributed by atoms with Gasteiger partial charge in [0.05, 0.1) is 11.1 Å². The molecule has 0 saturated heterocycles. The number of rotatable bonds is 4. The molecule has 0 saturated carbocycles. The fourth-order valence-corrected chi connectivity index (χ4v) is 2.54. The highest BCUT2D eigenvalue weighted by atomic mass is 16.2. The number of nitrogens with two attached hydrogens (primary N) is 1. The molecule has 3 rings (SSSR count). The van der Waals surface area contributed by atoms with E-state index < -0.39 is 5.91 Å². The predicted molar refractivity (Wildman–Crippen MR) is 94.3 cm³/mol. The molecule has 0 bridgehead atoms. The molecule has 0 fully saturated rings. The lowest BCUT2D eigenvalue weighted by atomic mass is 10.0. The molecule has 2 amide bonds. The van der Waals surface area contributed by atoms with Crippen molar-refractivity contribution in [2.75, 3.05) is 4.90 Å². The van der Waals surface area contributed by atoms with Gasteiger partial charge in [0.15, 0.2) is 0 Å². The van der Waals surface area contributed by atoms with Crippen LogP contribution >= 0.6 is 0 Å². The van der Waals surface area contributed by atoms with E-state index >= 15 is 0 Å². The van der Waals surface area contributed by atoms with E-state index in [0.717, 1.165) is 0 Å². The first kappa shape index (κ1) is 15.5. The zero-order valence-electron chi connectivity index (χ0n) is 12.9. The van der Waals surface area contributed by atoms with Crippen molar-refractivity contribution in [2.24, 2.45) is 5.73 Å². The van der Waals surface area contributed by atoms with Crippen LogP contribution in [0.2, 0.25) is 0 Å². The summed E-state index contributed by atoms with van der Waals surface area (Å²) in [6.07, 6.45) is 0. The summed E-state index contributed by atoms with van der Waals surface area (Å²) < 4.78 is 0. The molecule has 2 N–H and O–H groups in total. The van der Waals surface area contributed by atoms with Crippen molar-refractivity contribution in [1.29, 1.82) is 0 Å². The smallest absolute Gasteiger partial charge is 0.263 e. The Morgan fingerprint density at radius 3 is 1.50 bits per heavy atom. The Labute approximate surface area is 140 Å². The van der Waals surface area contributed by atoms with E-state index in [9.17, 15) is 9.59 Å². The van der Waals surface area contributed by atoms with E-state index in [-0.39, 0.29) is 17.0 Å². The first-order valence-electron chi connectivity index (χ1n) is 7.52. The first-order chi connectivity index (χ1) is 11.7. The van der Waals surface area contributed by atoms with Crippen LogP contribution in [0, 0.1) is 0 Å². The van der Waals surface area contributed by atoms with Crippen LogP contribution in [0.25, 0.3) is 0 Å². The molecule has 0 aliphatic rings. The summed E-state index contributed by atoms with van der Waals surface area (Å²) in [5.74, 6) is -0.929. The third-order valence-electron chi connectivity index (χ3n) is 3.65. The molecule has 0 aliphatic heterocycles. The first-order valence-corrected chi connectivity index (χ1v) is 7.52. The molecule has 24 heavy (non-hydrogen) atoms. The van der Waals surface area contributed by atoms with Crippen molar-refractivity contribution < 1.29 is 9.59 Å². The molecule has 3 aromatic carbocycles. The predicted octanol–water partition coefficient (Wildman–Crippen LogP) is 3.76. The second kappa shape index (κ2) is 6.79. The van der Waals surface area contributed by atoms with Crippen LogP contribution in [-0.4, -0.2) is 11.8 Å². The molecular formula is C20H16N2O2. The fourth-order valence-electron chi connectivity index (χ4n) is 2.54. The average Bonchev–Trinajstić information content (AvgIpc) is 2.63. The van der Waals surface area contributed by atoms with Crippen LogP contribution in [0.3, 0.4) is 0 Å². The van der Waals surface area contributed by atoms with Crippen LogP contribution in [0.4, 0.5) is 11.4 Å². The minimum Gasteiger partial charge on any atom is -0.366 e.